The normalized spacial score (nSPS) is 21.4. The molecule has 116 valence electrons. The molecule has 0 spiro atoms. The van der Waals surface area contributed by atoms with Gasteiger partial charge in [-0.1, -0.05) is 63.3 Å². The summed E-state index contributed by atoms with van der Waals surface area (Å²) >= 11 is 0. The summed E-state index contributed by atoms with van der Waals surface area (Å²) in [6, 6.07) is 7.87. The Balaban J connectivity index is 1.81. The summed E-state index contributed by atoms with van der Waals surface area (Å²) in [6.07, 6.45) is 11.5. The third-order valence-corrected chi connectivity index (χ3v) is 3.82. The highest BCUT2D eigenvalue weighted by Gasteiger charge is 2.21. The molecule has 3 nitrogen and oxygen atoms in total. The van der Waals surface area contributed by atoms with Crippen LogP contribution in [0.1, 0.15) is 57.1 Å². The topological polar surface area (TPSA) is 27.7 Å². The largest absolute Gasteiger partial charge is 0.496 e. The summed E-state index contributed by atoms with van der Waals surface area (Å²) in [6.45, 7) is 2.23. The lowest BCUT2D eigenvalue weighted by Gasteiger charge is -2.24. The molecule has 0 saturated heterocycles. The molecule has 0 aliphatic carbocycles. The van der Waals surface area contributed by atoms with Crippen LogP contribution in [-0.2, 0) is 9.78 Å². The lowest BCUT2D eigenvalue weighted by molar-refractivity contribution is -0.343. The van der Waals surface area contributed by atoms with Crippen molar-refractivity contribution in [2.45, 2.75) is 57.7 Å². The quantitative estimate of drug-likeness (QED) is 0.384. The molecule has 0 aromatic heterocycles. The van der Waals surface area contributed by atoms with Crippen molar-refractivity contribution in [1.82, 2.24) is 0 Å². The van der Waals surface area contributed by atoms with Gasteiger partial charge in [0.05, 0.1) is 7.11 Å². The number of unbranched alkanes of at least 4 members (excludes halogenated alkanes) is 4. The second-order valence-corrected chi connectivity index (χ2v) is 5.48. The summed E-state index contributed by atoms with van der Waals surface area (Å²) in [5.74, 6) is 0.828. The number of hydrogen-bond donors (Lipinski definition) is 0. The Kier molecular flexibility index (Phi) is 6.77. The first-order chi connectivity index (χ1) is 10.3. The molecule has 1 heterocycles. The molecule has 0 bridgehead atoms. The molecule has 0 radical (unpaired) electrons. The number of ether oxygens (including phenoxy) is 1. The summed E-state index contributed by atoms with van der Waals surface area (Å²) in [5.41, 5.74) is 0.998. The summed E-state index contributed by atoms with van der Waals surface area (Å²) in [4.78, 5) is 11.0. The van der Waals surface area contributed by atoms with Crippen molar-refractivity contribution in [3.63, 3.8) is 0 Å². The number of methoxy groups -OCH3 is 1. The maximum Gasteiger partial charge on any atom is 0.140 e. The highest BCUT2D eigenvalue weighted by molar-refractivity contribution is 5.37. The van der Waals surface area contributed by atoms with E-state index < -0.39 is 0 Å². The minimum absolute atomic E-state index is 0.0811. The van der Waals surface area contributed by atoms with Crippen LogP contribution in [-0.4, -0.2) is 13.2 Å². The lowest BCUT2D eigenvalue weighted by atomic mass is 10.0. The van der Waals surface area contributed by atoms with Gasteiger partial charge < -0.3 is 4.74 Å². The molecule has 0 saturated carbocycles. The van der Waals surface area contributed by atoms with Gasteiger partial charge in [0.2, 0.25) is 0 Å². The van der Waals surface area contributed by atoms with Crippen molar-refractivity contribution in [3.05, 3.63) is 42.0 Å². The first-order valence-corrected chi connectivity index (χ1v) is 7.98. The van der Waals surface area contributed by atoms with E-state index in [9.17, 15) is 0 Å². The van der Waals surface area contributed by atoms with Crippen LogP contribution in [0.4, 0.5) is 0 Å². The Bertz CT molecular complexity index is 442. The summed E-state index contributed by atoms with van der Waals surface area (Å²) in [7, 11) is 1.67. The number of rotatable bonds is 8. The van der Waals surface area contributed by atoms with Gasteiger partial charge in [0.15, 0.2) is 0 Å². The highest BCUT2D eigenvalue weighted by atomic mass is 17.2. The van der Waals surface area contributed by atoms with E-state index in [-0.39, 0.29) is 12.2 Å². The SMILES string of the molecule is CCCCCCC[C@@H]1C=C[C@H](c2ccccc2OC)OO1. The van der Waals surface area contributed by atoms with E-state index in [1.165, 1.54) is 32.1 Å². The average molecular weight is 290 g/mol. The van der Waals surface area contributed by atoms with E-state index in [2.05, 4.69) is 19.1 Å². The summed E-state index contributed by atoms with van der Waals surface area (Å²) < 4.78 is 5.36. The fourth-order valence-electron chi connectivity index (χ4n) is 2.57. The van der Waals surface area contributed by atoms with Crippen molar-refractivity contribution in [2.24, 2.45) is 0 Å². The summed E-state index contributed by atoms with van der Waals surface area (Å²) in [5, 5.41) is 0. The molecule has 1 aliphatic rings. The van der Waals surface area contributed by atoms with Gasteiger partial charge in [0.25, 0.3) is 0 Å². The fourth-order valence-corrected chi connectivity index (χ4v) is 2.57. The van der Waals surface area contributed by atoms with Crippen LogP contribution >= 0.6 is 0 Å². The maximum atomic E-state index is 5.53. The van der Waals surface area contributed by atoms with Gasteiger partial charge in [-0.15, -0.1) is 0 Å². The predicted octanol–water partition coefficient (Wildman–Crippen LogP) is 4.98. The van der Waals surface area contributed by atoms with Crippen molar-refractivity contribution < 1.29 is 14.5 Å². The van der Waals surface area contributed by atoms with E-state index in [0.29, 0.717) is 0 Å². The zero-order chi connectivity index (χ0) is 14.9. The molecule has 21 heavy (non-hydrogen) atoms. The highest BCUT2D eigenvalue weighted by Crippen LogP contribution is 2.31. The monoisotopic (exact) mass is 290 g/mol. The Morgan fingerprint density at radius 1 is 1.00 bits per heavy atom. The second-order valence-electron chi connectivity index (χ2n) is 5.48. The van der Waals surface area contributed by atoms with Gasteiger partial charge in [0.1, 0.15) is 18.0 Å². The first-order valence-electron chi connectivity index (χ1n) is 7.98. The van der Waals surface area contributed by atoms with E-state index >= 15 is 0 Å². The van der Waals surface area contributed by atoms with Crippen molar-refractivity contribution >= 4 is 0 Å². The van der Waals surface area contributed by atoms with Gasteiger partial charge in [-0.05, 0) is 18.6 Å². The van der Waals surface area contributed by atoms with Gasteiger partial charge in [-0.2, -0.15) is 0 Å². The zero-order valence-electron chi connectivity index (χ0n) is 13.1. The fraction of sp³-hybridized carbons (Fsp3) is 0.556. The van der Waals surface area contributed by atoms with Crippen LogP contribution in [0.15, 0.2) is 36.4 Å². The molecular weight excluding hydrogens is 264 g/mol. The molecule has 0 unspecified atom stereocenters. The molecule has 1 aromatic carbocycles. The molecular formula is C18H26O3. The van der Waals surface area contributed by atoms with Crippen molar-refractivity contribution in [1.29, 1.82) is 0 Å². The van der Waals surface area contributed by atoms with Crippen molar-refractivity contribution in [2.75, 3.05) is 7.11 Å². The Labute approximate surface area is 127 Å². The van der Waals surface area contributed by atoms with E-state index in [1.807, 2.05) is 24.3 Å². The molecule has 1 aromatic rings. The van der Waals surface area contributed by atoms with Crippen LogP contribution in [0, 0.1) is 0 Å². The molecule has 0 amide bonds. The first kappa shape index (κ1) is 16.1. The average Bonchev–Trinajstić information content (AvgIpc) is 2.55. The van der Waals surface area contributed by atoms with E-state index in [0.717, 1.165) is 17.7 Å². The molecule has 3 heteroatoms. The van der Waals surface area contributed by atoms with Crippen LogP contribution in [0.2, 0.25) is 0 Å². The number of benzene rings is 1. The number of hydrogen-bond acceptors (Lipinski definition) is 3. The minimum Gasteiger partial charge on any atom is -0.496 e. The molecule has 0 fully saturated rings. The standard InChI is InChI=1S/C18H26O3/c1-3-4-5-6-7-10-15-13-14-18(21-20-15)16-11-8-9-12-17(16)19-2/h8-9,11-15,18H,3-7,10H2,1-2H3/t15-,18-/m1/s1. The molecule has 2 rings (SSSR count). The second kappa shape index (κ2) is 8.85. The zero-order valence-corrected chi connectivity index (χ0v) is 13.1. The van der Waals surface area contributed by atoms with Crippen LogP contribution < -0.4 is 4.74 Å². The predicted molar refractivity (Wildman–Crippen MR) is 84.2 cm³/mol. The van der Waals surface area contributed by atoms with Gasteiger partial charge in [-0.25, -0.2) is 9.78 Å². The third kappa shape index (κ3) is 4.87. The molecule has 1 aliphatic heterocycles. The minimum atomic E-state index is -0.183. The molecule has 2 atom stereocenters. The Morgan fingerprint density at radius 3 is 2.52 bits per heavy atom. The van der Waals surface area contributed by atoms with E-state index in [1.54, 1.807) is 7.11 Å². The maximum absolute atomic E-state index is 5.53. The van der Waals surface area contributed by atoms with Crippen LogP contribution in [0.25, 0.3) is 0 Å². The third-order valence-electron chi connectivity index (χ3n) is 3.82. The van der Waals surface area contributed by atoms with Crippen LogP contribution in [0.5, 0.6) is 5.75 Å². The van der Waals surface area contributed by atoms with Crippen LogP contribution in [0.3, 0.4) is 0 Å². The Morgan fingerprint density at radius 2 is 1.81 bits per heavy atom. The smallest absolute Gasteiger partial charge is 0.140 e. The molecule has 0 N–H and O–H groups in total. The Hall–Kier alpha value is -1.32. The number of para-hydroxylation sites is 1. The van der Waals surface area contributed by atoms with Gasteiger partial charge >= 0.3 is 0 Å². The van der Waals surface area contributed by atoms with Gasteiger partial charge in [0, 0.05) is 5.56 Å². The van der Waals surface area contributed by atoms with E-state index in [4.69, 9.17) is 14.5 Å². The van der Waals surface area contributed by atoms with Gasteiger partial charge in [-0.3, -0.25) is 0 Å². The van der Waals surface area contributed by atoms with Crippen molar-refractivity contribution in [3.8, 4) is 5.75 Å². The lowest BCUT2D eigenvalue weighted by Crippen LogP contribution is -2.18.